The lowest BCUT2D eigenvalue weighted by molar-refractivity contribution is -0.122. The van der Waals surface area contributed by atoms with E-state index in [1.54, 1.807) is 13.2 Å². The third-order valence-corrected chi connectivity index (χ3v) is 5.88. The third-order valence-electron chi connectivity index (χ3n) is 4.98. The summed E-state index contributed by atoms with van der Waals surface area (Å²) in [4.78, 5) is 26.6. The number of thioether (sulfide) groups is 1. The number of aromatic nitrogens is 1. The highest BCUT2D eigenvalue weighted by Crippen LogP contribution is 2.36. The Morgan fingerprint density at radius 3 is 2.76 bits per heavy atom. The second-order valence-electron chi connectivity index (χ2n) is 6.88. The van der Waals surface area contributed by atoms with Crippen molar-refractivity contribution >= 4 is 29.0 Å². The van der Waals surface area contributed by atoms with Crippen LogP contribution in [0.1, 0.15) is 23.4 Å². The van der Waals surface area contributed by atoms with Gasteiger partial charge in [-0.3, -0.25) is 14.5 Å². The standard InChI is InChI=1S/C21H22N2O5S/c1-13-9-15(10-19-20(24)22(21(25)29-19)7-4-8-26-3)14(2)23(13)16-5-6-17-18(11-16)28-12-27-17/h5-6,9-11H,4,7-8,12H2,1-3H3/b19-10-. The van der Waals surface area contributed by atoms with Gasteiger partial charge in [-0.2, -0.15) is 0 Å². The van der Waals surface area contributed by atoms with Crippen molar-refractivity contribution in [3.05, 3.63) is 46.1 Å². The molecule has 7 nitrogen and oxygen atoms in total. The fourth-order valence-corrected chi connectivity index (χ4v) is 4.41. The summed E-state index contributed by atoms with van der Waals surface area (Å²) < 4.78 is 18.0. The molecule has 0 aliphatic carbocycles. The van der Waals surface area contributed by atoms with Crippen molar-refractivity contribution in [1.29, 1.82) is 0 Å². The molecule has 0 unspecified atom stereocenters. The van der Waals surface area contributed by atoms with Crippen LogP contribution in [0, 0.1) is 13.8 Å². The zero-order chi connectivity index (χ0) is 20.5. The first kappa shape index (κ1) is 19.6. The van der Waals surface area contributed by atoms with Gasteiger partial charge in [-0.15, -0.1) is 0 Å². The van der Waals surface area contributed by atoms with Gasteiger partial charge >= 0.3 is 0 Å². The topological polar surface area (TPSA) is 70.0 Å². The number of fused-ring (bicyclic) bond motifs is 1. The molecule has 2 amide bonds. The molecule has 1 fully saturated rings. The lowest BCUT2D eigenvalue weighted by atomic mass is 10.2. The van der Waals surface area contributed by atoms with Gasteiger partial charge in [-0.25, -0.2) is 0 Å². The SMILES string of the molecule is COCCCN1C(=O)S/C(=C\c2cc(C)n(-c3ccc4c(c3)OCO4)c2C)C1=O. The van der Waals surface area contributed by atoms with Crippen LogP contribution in [-0.4, -0.2) is 47.7 Å². The number of hydrogen-bond donors (Lipinski definition) is 0. The van der Waals surface area contributed by atoms with Gasteiger partial charge in [-0.05, 0) is 61.9 Å². The molecular weight excluding hydrogens is 392 g/mol. The van der Waals surface area contributed by atoms with Crippen molar-refractivity contribution in [3.63, 3.8) is 0 Å². The molecule has 0 radical (unpaired) electrons. The summed E-state index contributed by atoms with van der Waals surface area (Å²) in [5, 5.41) is -0.234. The van der Waals surface area contributed by atoms with Crippen LogP contribution in [-0.2, 0) is 9.53 Å². The number of imide groups is 1. The average molecular weight is 414 g/mol. The molecule has 0 saturated carbocycles. The van der Waals surface area contributed by atoms with Crippen molar-refractivity contribution in [2.75, 3.05) is 27.1 Å². The molecule has 0 bridgehead atoms. The first-order chi connectivity index (χ1) is 14.0. The molecule has 1 aromatic carbocycles. The number of aryl methyl sites for hydroxylation is 1. The Balaban J connectivity index is 1.61. The fourth-order valence-electron chi connectivity index (χ4n) is 3.56. The minimum atomic E-state index is -0.246. The summed E-state index contributed by atoms with van der Waals surface area (Å²) in [6, 6.07) is 7.82. The zero-order valence-corrected chi connectivity index (χ0v) is 17.4. The maximum atomic E-state index is 12.7. The van der Waals surface area contributed by atoms with E-state index in [9.17, 15) is 9.59 Å². The molecule has 0 atom stereocenters. The van der Waals surface area contributed by atoms with Crippen LogP contribution in [0.2, 0.25) is 0 Å². The summed E-state index contributed by atoms with van der Waals surface area (Å²) in [5.74, 6) is 1.20. The molecule has 1 aromatic heterocycles. The molecule has 8 heteroatoms. The van der Waals surface area contributed by atoms with E-state index in [0.29, 0.717) is 30.2 Å². The molecule has 2 aliphatic heterocycles. The molecule has 4 rings (SSSR count). The lowest BCUT2D eigenvalue weighted by Crippen LogP contribution is -2.29. The summed E-state index contributed by atoms with van der Waals surface area (Å²) >= 11 is 0.983. The second kappa shape index (κ2) is 7.96. The predicted octanol–water partition coefficient (Wildman–Crippen LogP) is 3.90. The van der Waals surface area contributed by atoms with E-state index in [1.165, 1.54) is 4.90 Å². The van der Waals surface area contributed by atoms with E-state index in [4.69, 9.17) is 14.2 Å². The van der Waals surface area contributed by atoms with Gasteiger partial charge in [0.2, 0.25) is 6.79 Å². The quantitative estimate of drug-likeness (QED) is 0.528. The van der Waals surface area contributed by atoms with Crippen molar-refractivity contribution in [3.8, 4) is 17.2 Å². The molecule has 29 heavy (non-hydrogen) atoms. The highest BCUT2D eigenvalue weighted by Gasteiger charge is 2.34. The highest BCUT2D eigenvalue weighted by molar-refractivity contribution is 8.18. The van der Waals surface area contributed by atoms with E-state index in [1.807, 2.05) is 38.1 Å². The second-order valence-corrected chi connectivity index (χ2v) is 7.87. The predicted molar refractivity (Wildman–Crippen MR) is 111 cm³/mol. The van der Waals surface area contributed by atoms with Gasteiger partial charge in [0, 0.05) is 43.4 Å². The molecule has 3 heterocycles. The fraction of sp³-hybridized carbons (Fsp3) is 0.333. The Labute approximate surface area is 173 Å². The van der Waals surface area contributed by atoms with E-state index in [0.717, 1.165) is 40.2 Å². The van der Waals surface area contributed by atoms with Crippen LogP contribution in [0.15, 0.2) is 29.2 Å². The number of nitrogens with zero attached hydrogens (tertiary/aromatic N) is 2. The van der Waals surface area contributed by atoms with Crippen molar-refractivity contribution in [2.24, 2.45) is 0 Å². The van der Waals surface area contributed by atoms with Gasteiger partial charge in [-0.1, -0.05) is 0 Å². The van der Waals surface area contributed by atoms with Crippen LogP contribution < -0.4 is 9.47 Å². The Morgan fingerprint density at radius 1 is 1.17 bits per heavy atom. The molecule has 2 aromatic rings. The van der Waals surface area contributed by atoms with Gasteiger partial charge < -0.3 is 18.8 Å². The molecule has 152 valence electrons. The molecule has 1 saturated heterocycles. The van der Waals surface area contributed by atoms with Crippen LogP contribution in [0.25, 0.3) is 11.8 Å². The van der Waals surface area contributed by atoms with E-state index in [-0.39, 0.29) is 17.9 Å². The minimum Gasteiger partial charge on any atom is -0.454 e. The van der Waals surface area contributed by atoms with Gasteiger partial charge in [0.15, 0.2) is 11.5 Å². The van der Waals surface area contributed by atoms with E-state index >= 15 is 0 Å². The van der Waals surface area contributed by atoms with Crippen molar-refractivity contribution in [1.82, 2.24) is 9.47 Å². The van der Waals surface area contributed by atoms with E-state index in [2.05, 4.69) is 4.57 Å². The normalized spacial score (nSPS) is 17.1. The minimum absolute atomic E-state index is 0.230. The number of carbonyl (C=O) groups excluding carboxylic acids is 2. The van der Waals surface area contributed by atoms with Gasteiger partial charge in [0.1, 0.15) is 0 Å². The number of hydrogen-bond acceptors (Lipinski definition) is 6. The monoisotopic (exact) mass is 414 g/mol. The van der Waals surface area contributed by atoms with Crippen molar-refractivity contribution < 1.29 is 23.8 Å². The number of rotatable bonds is 6. The van der Waals surface area contributed by atoms with Crippen LogP contribution in [0.5, 0.6) is 11.5 Å². The number of methoxy groups -OCH3 is 1. The van der Waals surface area contributed by atoms with Gasteiger partial charge in [0.25, 0.3) is 11.1 Å². The smallest absolute Gasteiger partial charge is 0.293 e. The Kier molecular flexibility index (Phi) is 5.38. The van der Waals surface area contributed by atoms with Crippen molar-refractivity contribution in [2.45, 2.75) is 20.3 Å². The average Bonchev–Trinajstić information content (AvgIpc) is 3.34. The Hall–Kier alpha value is -2.71. The molecular formula is C21H22N2O5S. The largest absolute Gasteiger partial charge is 0.454 e. The number of amides is 2. The van der Waals surface area contributed by atoms with E-state index < -0.39 is 0 Å². The zero-order valence-electron chi connectivity index (χ0n) is 16.6. The molecule has 0 N–H and O–H groups in total. The Bertz CT molecular complexity index is 1010. The highest BCUT2D eigenvalue weighted by atomic mass is 32.2. The first-order valence-corrected chi connectivity index (χ1v) is 10.1. The number of ether oxygens (including phenoxy) is 3. The van der Waals surface area contributed by atoms with Crippen LogP contribution >= 0.6 is 11.8 Å². The maximum absolute atomic E-state index is 12.7. The number of carbonyl (C=O) groups is 2. The number of benzene rings is 1. The van der Waals surface area contributed by atoms with Gasteiger partial charge in [0.05, 0.1) is 4.91 Å². The summed E-state index contributed by atoms with van der Waals surface area (Å²) in [7, 11) is 1.60. The molecule has 2 aliphatic rings. The Morgan fingerprint density at radius 2 is 1.97 bits per heavy atom. The lowest BCUT2D eigenvalue weighted by Gasteiger charge is -2.11. The summed E-state index contributed by atoms with van der Waals surface area (Å²) in [6.45, 7) is 5.11. The molecule has 0 spiro atoms. The first-order valence-electron chi connectivity index (χ1n) is 9.33. The van der Waals surface area contributed by atoms with Crippen LogP contribution in [0.4, 0.5) is 4.79 Å². The third kappa shape index (κ3) is 3.65. The summed E-state index contributed by atoms with van der Waals surface area (Å²) in [6.07, 6.45) is 2.42. The maximum Gasteiger partial charge on any atom is 0.293 e. The summed E-state index contributed by atoms with van der Waals surface area (Å²) in [5.41, 5.74) is 3.86. The van der Waals surface area contributed by atoms with Crippen LogP contribution in [0.3, 0.4) is 0 Å².